The number of furan rings is 1. The lowest BCUT2D eigenvalue weighted by Gasteiger charge is -2.23. The molecule has 43 heavy (non-hydrogen) atoms. The number of carbonyl (C=O) groups is 3. The number of carbonyl (C=O) groups excluding carboxylic acids is 3. The molecule has 13 heteroatoms. The van der Waals surface area contributed by atoms with E-state index in [0.717, 1.165) is 25.9 Å². The van der Waals surface area contributed by atoms with Crippen molar-refractivity contribution in [1.82, 2.24) is 25.1 Å². The summed E-state index contributed by atoms with van der Waals surface area (Å²) in [6.07, 6.45) is 3.20. The number of fused-ring (bicyclic) bond motifs is 2. The molecule has 0 bridgehead atoms. The summed E-state index contributed by atoms with van der Waals surface area (Å²) in [6, 6.07) is 12.2. The first-order valence-electron chi connectivity index (χ1n) is 13.8. The van der Waals surface area contributed by atoms with E-state index < -0.39 is 5.91 Å². The third kappa shape index (κ3) is 5.62. The van der Waals surface area contributed by atoms with Crippen molar-refractivity contribution in [2.45, 2.75) is 32.7 Å². The van der Waals surface area contributed by atoms with E-state index in [4.69, 9.17) is 14.3 Å². The number of rotatable bonds is 7. The van der Waals surface area contributed by atoms with Crippen LogP contribution in [0.5, 0.6) is 5.75 Å². The molecule has 0 radical (unpaired) electrons. The summed E-state index contributed by atoms with van der Waals surface area (Å²) in [5, 5.41) is 18.0. The number of ether oxygens (including phenoxy) is 1. The predicted octanol–water partition coefficient (Wildman–Crippen LogP) is 4.34. The average molecular weight is 583 g/mol. The molecule has 5 aromatic rings. The van der Waals surface area contributed by atoms with E-state index in [0.29, 0.717) is 56.2 Å². The minimum absolute atomic E-state index is 0.102. The molecule has 0 unspecified atom stereocenters. The molecule has 220 valence electrons. The van der Waals surface area contributed by atoms with E-state index in [2.05, 4.69) is 31.2 Å². The minimum Gasteiger partial charge on any atom is -0.495 e. The van der Waals surface area contributed by atoms with Crippen molar-refractivity contribution < 1.29 is 23.5 Å². The van der Waals surface area contributed by atoms with Crippen LogP contribution in [0.15, 0.2) is 53.2 Å². The van der Waals surface area contributed by atoms with E-state index >= 15 is 0 Å². The number of hydrogen-bond acceptors (Lipinski definition) is 9. The highest BCUT2D eigenvalue weighted by Crippen LogP contribution is 2.38. The van der Waals surface area contributed by atoms with Crippen molar-refractivity contribution in [3.63, 3.8) is 0 Å². The normalized spacial score (nSPS) is 13.7. The lowest BCUT2D eigenvalue weighted by atomic mass is 10.1. The Morgan fingerprint density at radius 2 is 1.77 bits per heavy atom. The monoisotopic (exact) mass is 582 g/mol. The van der Waals surface area contributed by atoms with Gasteiger partial charge in [-0.3, -0.25) is 14.4 Å². The zero-order chi connectivity index (χ0) is 30.1. The van der Waals surface area contributed by atoms with Crippen LogP contribution >= 0.6 is 0 Å². The summed E-state index contributed by atoms with van der Waals surface area (Å²) >= 11 is 0. The van der Waals surface area contributed by atoms with E-state index in [1.54, 1.807) is 36.4 Å². The molecule has 6 rings (SSSR count). The molecule has 4 N–H and O–H groups in total. The summed E-state index contributed by atoms with van der Waals surface area (Å²) < 4.78 is 13.3. The number of anilines is 3. The smallest absolute Gasteiger partial charge is 0.291 e. The Hall–Kier alpha value is -5.30. The molecular weight excluding hydrogens is 552 g/mol. The maximum atomic E-state index is 13.2. The van der Waals surface area contributed by atoms with E-state index in [1.807, 2.05) is 10.7 Å². The molecule has 1 aliphatic heterocycles. The number of nitrogens with one attached hydrogen (secondary N) is 4. The Kier molecular flexibility index (Phi) is 7.47. The van der Waals surface area contributed by atoms with Gasteiger partial charge in [0.2, 0.25) is 11.8 Å². The fraction of sp³-hybridized carbons (Fsp3) is 0.267. The standard InChI is InChI=1S/C30H30N8O5/c1-16(39)34-20-5-7-23-19(12-20)14-25(43-23)30(41)36-22-6-4-18(13-24(22)42-3)27-26-28(35-17(2)40)32-15-33-29(26)38(37-27)21-8-10-31-11-9-21/h4-7,12-15,21,31H,8-11H2,1-3H3,(H,34,39)(H,36,41)(H,32,33,35,40). The lowest BCUT2D eigenvalue weighted by molar-refractivity contribution is -0.115. The van der Waals surface area contributed by atoms with Crippen molar-refractivity contribution in [3.05, 3.63) is 54.6 Å². The van der Waals surface area contributed by atoms with Crippen LogP contribution < -0.4 is 26.0 Å². The molecule has 3 aromatic heterocycles. The second-order valence-electron chi connectivity index (χ2n) is 10.3. The van der Waals surface area contributed by atoms with Gasteiger partial charge < -0.3 is 30.4 Å². The molecule has 13 nitrogen and oxygen atoms in total. The average Bonchev–Trinajstić information content (AvgIpc) is 3.60. The van der Waals surface area contributed by atoms with Gasteiger partial charge in [0, 0.05) is 30.5 Å². The number of amides is 3. The fourth-order valence-corrected chi connectivity index (χ4v) is 5.30. The summed E-state index contributed by atoms with van der Waals surface area (Å²) in [7, 11) is 1.51. The van der Waals surface area contributed by atoms with Crippen molar-refractivity contribution in [1.29, 1.82) is 0 Å². The summed E-state index contributed by atoms with van der Waals surface area (Å²) in [4.78, 5) is 45.4. The highest BCUT2D eigenvalue weighted by Gasteiger charge is 2.25. The number of nitrogens with zero attached hydrogens (tertiary/aromatic N) is 4. The van der Waals surface area contributed by atoms with Gasteiger partial charge in [-0.1, -0.05) is 6.07 Å². The first-order valence-corrected chi connectivity index (χ1v) is 13.8. The van der Waals surface area contributed by atoms with Gasteiger partial charge >= 0.3 is 0 Å². The largest absolute Gasteiger partial charge is 0.495 e. The van der Waals surface area contributed by atoms with Gasteiger partial charge in [-0.15, -0.1) is 0 Å². The molecule has 4 heterocycles. The summed E-state index contributed by atoms with van der Waals surface area (Å²) in [5.74, 6) is -0.0439. The van der Waals surface area contributed by atoms with Gasteiger partial charge in [-0.2, -0.15) is 5.10 Å². The first-order chi connectivity index (χ1) is 20.8. The highest BCUT2D eigenvalue weighted by atomic mass is 16.5. The van der Waals surface area contributed by atoms with Crippen LogP contribution in [0.4, 0.5) is 17.2 Å². The van der Waals surface area contributed by atoms with Gasteiger partial charge in [0.25, 0.3) is 5.91 Å². The van der Waals surface area contributed by atoms with Crippen LogP contribution in [0.3, 0.4) is 0 Å². The number of aromatic nitrogens is 4. The van der Waals surface area contributed by atoms with Crippen molar-refractivity contribution in [2.75, 3.05) is 36.1 Å². The molecule has 3 amide bonds. The number of benzene rings is 2. The van der Waals surface area contributed by atoms with E-state index in [9.17, 15) is 14.4 Å². The zero-order valence-electron chi connectivity index (χ0n) is 23.9. The fourth-order valence-electron chi connectivity index (χ4n) is 5.30. The maximum absolute atomic E-state index is 13.2. The van der Waals surface area contributed by atoms with Gasteiger partial charge in [0.15, 0.2) is 11.4 Å². The van der Waals surface area contributed by atoms with E-state index in [-0.39, 0.29) is 23.6 Å². The topological polar surface area (TPSA) is 165 Å². The third-order valence-corrected chi connectivity index (χ3v) is 7.22. The van der Waals surface area contributed by atoms with Gasteiger partial charge in [-0.05, 0) is 62.3 Å². The molecule has 1 fully saturated rings. The van der Waals surface area contributed by atoms with Crippen molar-refractivity contribution in [2.24, 2.45) is 0 Å². The Morgan fingerprint density at radius 1 is 0.977 bits per heavy atom. The SMILES string of the molecule is COc1cc(-c2nn(C3CCNCC3)c3ncnc(NC(C)=O)c23)ccc1NC(=O)c1cc2cc(NC(C)=O)ccc2o1. The highest BCUT2D eigenvalue weighted by molar-refractivity contribution is 6.07. The second-order valence-corrected chi connectivity index (χ2v) is 10.3. The molecule has 0 atom stereocenters. The van der Waals surface area contributed by atoms with Crippen LogP contribution in [-0.2, 0) is 9.59 Å². The third-order valence-electron chi connectivity index (χ3n) is 7.22. The quantitative estimate of drug-likeness (QED) is 0.218. The molecule has 1 aliphatic rings. The van der Waals surface area contributed by atoms with Crippen LogP contribution in [0.25, 0.3) is 33.3 Å². The molecular formula is C30H30N8O5. The molecule has 0 spiro atoms. The molecule has 0 aliphatic carbocycles. The first kappa shape index (κ1) is 27.8. The van der Waals surface area contributed by atoms with Crippen LogP contribution in [0, 0.1) is 0 Å². The Bertz CT molecular complexity index is 1870. The lowest BCUT2D eigenvalue weighted by Crippen LogP contribution is -2.30. The Morgan fingerprint density at radius 3 is 2.51 bits per heavy atom. The second kappa shape index (κ2) is 11.5. The Labute approximate surface area is 246 Å². The predicted molar refractivity (Wildman–Crippen MR) is 161 cm³/mol. The summed E-state index contributed by atoms with van der Waals surface area (Å²) in [5.41, 5.74) is 3.45. The van der Waals surface area contributed by atoms with E-state index in [1.165, 1.54) is 27.3 Å². The van der Waals surface area contributed by atoms with Gasteiger partial charge in [0.1, 0.15) is 29.2 Å². The molecule has 2 aromatic carbocycles. The van der Waals surface area contributed by atoms with Gasteiger partial charge in [0.05, 0.1) is 24.2 Å². The van der Waals surface area contributed by atoms with Crippen LogP contribution in [0.1, 0.15) is 43.3 Å². The maximum Gasteiger partial charge on any atom is 0.291 e. The van der Waals surface area contributed by atoms with Crippen LogP contribution in [-0.4, -0.2) is 57.7 Å². The summed E-state index contributed by atoms with van der Waals surface area (Å²) in [6.45, 7) is 4.59. The van der Waals surface area contributed by atoms with Gasteiger partial charge in [-0.25, -0.2) is 14.6 Å². The van der Waals surface area contributed by atoms with Crippen molar-refractivity contribution in [3.8, 4) is 17.0 Å². The van der Waals surface area contributed by atoms with Crippen molar-refractivity contribution >= 4 is 56.9 Å². The number of piperidine rings is 1. The Balaban J connectivity index is 1.34. The number of methoxy groups -OCH3 is 1. The minimum atomic E-state index is -0.467. The zero-order valence-corrected chi connectivity index (χ0v) is 23.9. The molecule has 0 saturated carbocycles. The number of hydrogen-bond donors (Lipinski definition) is 4. The van der Waals surface area contributed by atoms with Crippen LogP contribution in [0.2, 0.25) is 0 Å². The molecule has 1 saturated heterocycles.